The van der Waals surface area contributed by atoms with E-state index in [-0.39, 0.29) is 29.8 Å². The van der Waals surface area contributed by atoms with Gasteiger partial charge < -0.3 is 9.47 Å². The quantitative estimate of drug-likeness (QED) is 0.304. The van der Waals surface area contributed by atoms with Crippen molar-refractivity contribution in [3.63, 3.8) is 0 Å². The fourth-order valence-corrected chi connectivity index (χ4v) is 4.12. The molecule has 0 bridgehead atoms. The summed E-state index contributed by atoms with van der Waals surface area (Å²) in [6.07, 6.45) is 1.92. The van der Waals surface area contributed by atoms with Gasteiger partial charge in [0.05, 0.1) is 17.6 Å². The Bertz CT molecular complexity index is 1200. The largest absolute Gasteiger partial charge is 0.461 e. The van der Waals surface area contributed by atoms with Crippen LogP contribution < -0.4 is 4.74 Å². The van der Waals surface area contributed by atoms with E-state index in [4.69, 9.17) is 9.47 Å². The number of aryl methyl sites for hydroxylation is 1. The van der Waals surface area contributed by atoms with Gasteiger partial charge in [0.2, 0.25) is 0 Å². The summed E-state index contributed by atoms with van der Waals surface area (Å²) in [7, 11) is 0. The van der Waals surface area contributed by atoms with Crippen LogP contribution in [0.4, 0.5) is 0 Å². The van der Waals surface area contributed by atoms with E-state index in [1.54, 1.807) is 0 Å². The van der Waals surface area contributed by atoms with Crippen molar-refractivity contribution in [2.24, 2.45) is 17.3 Å². The zero-order valence-electron chi connectivity index (χ0n) is 19.1. The molecular formula is C29H27NO3. The molecule has 3 aromatic carbocycles. The Kier molecular flexibility index (Phi) is 6.33. The smallest absolute Gasteiger partial charge is 0.310 e. The Labute approximate surface area is 195 Å². The molecule has 0 amide bonds. The summed E-state index contributed by atoms with van der Waals surface area (Å²) in [6, 6.07) is 27.2. The number of allylic oxidation sites excluding steroid dienone is 2. The molecule has 3 aromatic rings. The molecule has 1 fully saturated rings. The fourth-order valence-electron chi connectivity index (χ4n) is 4.12. The summed E-state index contributed by atoms with van der Waals surface area (Å²) < 4.78 is 11.5. The zero-order chi connectivity index (χ0) is 23.4. The van der Waals surface area contributed by atoms with Crippen LogP contribution in [0.1, 0.15) is 30.5 Å². The molecule has 0 spiro atoms. The second-order valence-corrected chi connectivity index (χ2v) is 9.05. The summed E-state index contributed by atoms with van der Waals surface area (Å²) >= 11 is 0. The van der Waals surface area contributed by atoms with Crippen molar-refractivity contribution in [2.75, 3.05) is 0 Å². The lowest BCUT2D eigenvalue weighted by molar-refractivity contribution is -0.147. The Morgan fingerprint density at radius 3 is 2.39 bits per heavy atom. The Balaban J connectivity index is 1.40. The third kappa shape index (κ3) is 5.15. The van der Waals surface area contributed by atoms with Crippen LogP contribution in [0.15, 0.2) is 84.9 Å². The van der Waals surface area contributed by atoms with Gasteiger partial charge in [-0.25, -0.2) is 0 Å². The number of benzene rings is 3. The van der Waals surface area contributed by atoms with E-state index in [9.17, 15) is 10.1 Å². The van der Waals surface area contributed by atoms with Crippen LogP contribution in [0, 0.1) is 35.5 Å². The van der Waals surface area contributed by atoms with E-state index >= 15 is 0 Å². The molecule has 1 aliphatic rings. The van der Waals surface area contributed by atoms with Gasteiger partial charge in [-0.2, -0.15) is 5.26 Å². The molecule has 0 aliphatic heterocycles. The third-order valence-electron chi connectivity index (χ3n) is 6.25. The first-order chi connectivity index (χ1) is 15.9. The number of nitriles is 1. The maximum Gasteiger partial charge on any atom is 0.310 e. The number of hydrogen-bond acceptors (Lipinski definition) is 4. The normalized spacial score (nSPS) is 18.8. The molecule has 0 heterocycles. The van der Waals surface area contributed by atoms with Gasteiger partial charge in [-0.1, -0.05) is 80.1 Å². The highest BCUT2D eigenvalue weighted by Gasteiger charge is 2.61. The first kappa shape index (κ1) is 22.4. The van der Waals surface area contributed by atoms with Crippen molar-refractivity contribution in [2.45, 2.75) is 27.4 Å². The van der Waals surface area contributed by atoms with Crippen molar-refractivity contribution >= 4 is 11.5 Å². The van der Waals surface area contributed by atoms with E-state index in [0.717, 1.165) is 22.4 Å². The number of hydrogen-bond donors (Lipinski definition) is 0. The minimum absolute atomic E-state index is 0.0336. The predicted octanol–water partition coefficient (Wildman–Crippen LogP) is 6.71. The lowest BCUT2D eigenvalue weighted by Crippen LogP contribution is -2.10. The van der Waals surface area contributed by atoms with Gasteiger partial charge in [0, 0.05) is 0 Å². The number of carbonyl (C=O) groups excluding carboxylic acids is 1. The second kappa shape index (κ2) is 9.34. The molecule has 4 rings (SSSR count). The molecule has 0 aromatic heterocycles. The molecule has 4 nitrogen and oxygen atoms in total. The summed E-state index contributed by atoms with van der Waals surface area (Å²) in [5.74, 6) is 0.905. The number of carbonyl (C=O) groups is 1. The first-order valence-electron chi connectivity index (χ1n) is 11.1. The molecular weight excluding hydrogens is 410 g/mol. The average Bonchev–Trinajstić information content (AvgIpc) is 3.37. The number of esters is 1. The standard InChI is InChI=1S/C29H27NO3/c1-20-12-14-22(15-13-20)23(18-30)17-26-27(29(26,2)3)28(31)32-19-21-8-7-11-25(16-21)33-24-9-5-4-6-10-24/h4-17,26-27H,19H2,1-3H3/t26-,27+/m0/s1. The Morgan fingerprint density at radius 2 is 1.70 bits per heavy atom. The van der Waals surface area contributed by atoms with Gasteiger partial charge in [0.15, 0.2) is 0 Å². The highest BCUT2D eigenvalue weighted by atomic mass is 16.5. The molecule has 0 unspecified atom stereocenters. The SMILES string of the molecule is Cc1ccc(C(C#N)=C[C@H]2[C@H](C(=O)OCc3cccc(Oc4ccccc4)c3)C2(C)C)cc1. The first-order valence-corrected chi connectivity index (χ1v) is 11.1. The number of para-hydroxylation sites is 1. The van der Waals surface area contributed by atoms with E-state index < -0.39 is 0 Å². The second-order valence-electron chi connectivity index (χ2n) is 9.05. The van der Waals surface area contributed by atoms with E-state index in [1.807, 2.05) is 106 Å². The van der Waals surface area contributed by atoms with Crippen LogP contribution in [0.5, 0.6) is 11.5 Å². The Morgan fingerprint density at radius 1 is 1.00 bits per heavy atom. The van der Waals surface area contributed by atoms with Crippen LogP contribution in [0.3, 0.4) is 0 Å². The van der Waals surface area contributed by atoms with Gasteiger partial charge in [0.1, 0.15) is 18.1 Å². The molecule has 1 saturated carbocycles. The van der Waals surface area contributed by atoms with Crippen LogP contribution in [-0.2, 0) is 16.1 Å². The maximum absolute atomic E-state index is 12.9. The van der Waals surface area contributed by atoms with Crippen molar-refractivity contribution < 1.29 is 14.3 Å². The lowest BCUT2D eigenvalue weighted by atomic mass is 10.0. The van der Waals surface area contributed by atoms with Crippen LogP contribution in [0.2, 0.25) is 0 Å². The topological polar surface area (TPSA) is 59.3 Å². The molecule has 166 valence electrons. The van der Waals surface area contributed by atoms with E-state index in [2.05, 4.69) is 6.07 Å². The van der Waals surface area contributed by atoms with Crippen molar-refractivity contribution in [1.29, 1.82) is 5.26 Å². The van der Waals surface area contributed by atoms with Crippen LogP contribution in [0.25, 0.3) is 5.57 Å². The van der Waals surface area contributed by atoms with E-state index in [0.29, 0.717) is 11.3 Å². The summed E-state index contributed by atoms with van der Waals surface area (Å²) in [6.45, 7) is 6.27. The van der Waals surface area contributed by atoms with Crippen molar-refractivity contribution in [1.82, 2.24) is 0 Å². The molecule has 1 aliphatic carbocycles. The monoisotopic (exact) mass is 437 g/mol. The van der Waals surface area contributed by atoms with Crippen LogP contribution >= 0.6 is 0 Å². The minimum atomic E-state index is -0.268. The molecule has 33 heavy (non-hydrogen) atoms. The zero-order valence-corrected chi connectivity index (χ0v) is 19.1. The van der Waals surface area contributed by atoms with Crippen LogP contribution in [-0.4, -0.2) is 5.97 Å². The summed E-state index contributed by atoms with van der Waals surface area (Å²) in [5.41, 5.74) is 3.21. The van der Waals surface area contributed by atoms with Gasteiger partial charge in [-0.05, 0) is 53.6 Å². The molecule has 0 N–H and O–H groups in total. The van der Waals surface area contributed by atoms with Gasteiger partial charge in [-0.15, -0.1) is 0 Å². The molecule has 2 atom stereocenters. The molecule has 0 radical (unpaired) electrons. The number of ether oxygens (including phenoxy) is 2. The minimum Gasteiger partial charge on any atom is -0.461 e. The van der Waals surface area contributed by atoms with Crippen molar-refractivity contribution in [3.05, 3.63) is 102 Å². The molecule has 0 saturated heterocycles. The highest BCUT2D eigenvalue weighted by Crippen LogP contribution is 2.60. The summed E-state index contributed by atoms with van der Waals surface area (Å²) in [5, 5.41) is 9.66. The average molecular weight is 438 g/mol. The number of rotatable bonds is 7. The van der Waals surface area contributed by atoms with Gasteiger partial charge >= 0.3 is 5.97 Å². The van der Waals surface area contributed by atoms with Crippen molar-refractivity contribution in [3.8, 4) is 17.6 Å². The summed E-state index contributed by atoms with van der Waals surface area (Å²) in [4.78, 5) is 12.9. The van der Waals surface area contributed by atoms with Gasteiger partial charge in [-0.3, -0.25) is 4.79 Å². The maximum atomic E-state index is 12.9. The van der Waals surface area contributed by atoms with E-state index in [1.165, 1.54) is 0 Å². The lowest BCUT2D eigenvalue weighted by Gasteiger charge is -2.09. The van der Waals surface area contributed by atoms with Gasteiger partial charge in [0.25, 0.3) is 0 Å². The Hall–Kier alpha value is -3.84. The highest BCUT2D eigenvalue weighted by molar-refractivity contribution is 5.82. The number of nitrogens with zero attached hydrogens (tertiary/aromatic N) is 1. The fraction of sp³-hybridized carbons (Fsp3) is 0.241. The third-order valence-corrected chi connectivity index (χ3v) is 6.25. The molecule has 4 heteroatoms. The predicted molar refractivity (Wildman–Crippen MR) is 128 cm³/mol.